The monoisotopic (exact) mass is 398 g/mol. The average molecular weight is 401 g/mol. The van der Waals surface area contributed by atoms with Gasteiger partial charge in [0.05, 0.1) is 26.4 Å². The van der Waals surface area contributed by atoms with Gasteiger partial charge in [-0.2, -0.15) is 0 Å². The van der Waals surface area contributed by atoms with Gasteiger partial charge in [0.2, 0.25) is 0 Å². The molecule has 2 aromatic rings. The molecule has 0 spiro atoms. The highest BCUT2D eigenvalue weighted by atomic mass is 79.9. The molecule has 0 unspecified atom stereocenters. The Bertz CT molecular complexity index is 619. The van der Waals surface area contributed by atoms with Crippen LogP contribution < -0.4 is 5.32 Å². The van der Waals surface area contributed by atoms with Gasteiger partial charge < -0.3 is 5.32 Å². The molecule has 2 nitrogen and oxygen atoms in total. The van der Waals surface area contributed by atoms with Gasteiger partial charge in [0.1, 0.15) is 5.15 Å². The lowest BCUT2D eigenvalue weighted by Gasteiger charge is -2.11. The first-order chi connectivity index (χ1) is 8.99. The van der Waals surface area contributed by atoms with Crippen LogP contribution in [0.2, 0.25) is 20.2 Å². The van der Waals surface area contributed by atoms with Crippen LogP contribution in [0.15, 0.2) is 28.9 Å². The molecule has 1 heterocycles. The molecular formula is C12H7BrCl4N2. The Balaban J connectivity index is 2.19. The van der Waals surface area contributed by atoms with Crippen molar-refractivity contribution in [3.63, 3.8) is 0 Å². The first kappa shape index (κ1) is 15.2. The summed E-state index contributed by atoms with van der Waals surface area (Å²) in [7, 11) is 0. The zero-order chi connectivity index (χ0) is 14.0. The molecule has 0 aliphatic rings. The molecule has 0 aliphatic carbocycles. The number of rotatable bonds is 3. The van der Waals surface area contributed by atoms with Crippen LogP contribution >= 0.6 is 62.3 Å². The largest absolute Gasteiger partial charge is 0.380 e. The lowest BCUT2D eigenvalue weighted by atomic mass is 10.2. The maximum absolute atomic E-state index is 6.12. The molecule has 0 saturated carbocycles. The number of anilines is 1. The second kappa shape index (κ2) is 6.51. The molecule has 1 aromatic heterocycles. The Morgan fingerprint density at radius 3 is 2.47 bits per heavy atom. The molecule has 0 fully saturated rings. The molecule has 100 valence electrons. The molecule has 7 heteroatoms. The van der Waals surface area contributed by atoms with Crippen molar-refractivity contribution in [1.82, 2.24) is 4.98 Å². The van der Waals surface area contributed by atoms with Crippen LogP contribution in [0.4, 0.5) is 5.69 Å². The van der Waals surface area contributed by atoms with E-state index in [0.717, 1.165) is 11.3 Å². The fourth-order valence-electron chi connectivity index (χ4n) is 1.44. The number of aromatic nitrogens is 1. The van der Waals surface area contributed by atoms with Gasteiger partial charge in [0.15, 0.2) is 0 Å². The van der Waals surface area contributed by atoms with Crippen molar-refractivity contribution >= 4 is 68.0 Å². The summed E-state index contributed by atoms with van der Waals surface area (Å²) < 4.78 is 0.711. The third-order valence-electron chi connectivity index (χ3n) is 2.40. The minimum Gasteiger partial charge on any atom is -0.380 e. The van der Waals surface area contributed by atoms with Crippen LogP contribution in [0.1, 0.15) is 5.56 Å². The number of hydrogen-bond donors (Lipinski definition) is 1. The van der Waals surface area contributed by atoms with E-state index in [-0.39, 0.29) is 0 Å². The molecule has 19 heavy (non-hydrogen) atoms. The maximum atomic E-state index is 6.12. The van der Waals surface area contributed by atoms with E-state index in [1.54, 1.807) is 18.3 Å². The highest BCUT2D eigenvalue weighted by Gasteiger charge is 2.09. The van der Waals surface area contributed by atoms with Crippen LogP contribution in [0.5, 0.6) is 0 Å². The van der Waals surface area contributed by atoms with Crippen molar-refractivity contribution in [2.45, 2.75) is 6.54 Å². The third-order valence-corrected chi connectivity index (χ3v) is 4.74. The van der Waals surface area contributed by atoms with Crippen LogP contribution in [0.25, 0.3) is 0 Å². The smallest absolute Gasteiger partial charge is 0.143 e. The Hall–Kier alpha value is -0.190. The molecule has 0 saturated heterocycles. The number of benzene rings is 1. The second-order valence-electron chi connectivity index (χ2n) is 3.67. The van der Waals surface area contributed by atoms with E-state index in [4.69, 9.17) is 46.4 Å². The van der Waals surface area contributed by atoms with Crippen molar-refractivity contribution in [3.8, 4) is 0 Å². The quantitative estimate of drug-likeness (QED) is 0.499. The fourth-order valence-corrected chi connectivity index (χ4v) is 2.57. The average Bonchev–Trinajstić information content (AvgIpc) is 2.38. The van der Waals surface area contributed by atoms with Gasteiger partial charge >= 0.3 is 0 Å². The number of halogens is 5. The van der Waals surface area contributed by atoms with E-state index in [9.17, 15) is 0 Å². The number of pyridine rings is 1. The Labute approximate surface area is 139 Å². The number of nitrogens with one attached hydrogen (secondary N) is 1. The molecule has 1 N–H and O–H groups in total. The van der Waals surface area contributed by atoms with Gasteiger partial charge in [0, 0.05) is 17.1 Å². The predicted molar refractivity (Wildman–Crippen MR) is 85.7 cm³/mol. The SMILES string of the molecule is Clc1ccc(Cl)c(CNc2cnc(Cl)c(Br)c2)c1Cl. The zero-order valence-electron chi connectivity index (χ0n) is 9.35. The van der Waals surface area contributed by atoms with E-state index in [0.29, 0.717) is 31.2 Å². The summed E-state index contributed by atoms with van der Waals surface area (Å²) in [5.74, 6) is 0. The first-order valence-corrected chi connectivity index (χ1v) is 7.47. The summed E-state index contributed by atoms with van der Waals surface area (Å²) in [6.07, 6.45) is 1.62. The molecule has 0 bridgehead atoms. The summed E-state index contributed by atoms with van der Waals surface area (Å²) in [5.41, 5.74) is 1.53. The van der Waals surface area contributed by atoms with Crippen molar-refractivity contribution in [2.24, 2.45) is 0 Å². The van der Waals surface area contributed by atoms with Gasteiger partial charge in [-0.3, -0.25) is 0 Å². The minimum absolute atomic E-state index is 0.407. The van der Waals surface area contributed by atoms with E-state index in [2.05, 4.69) is 26.2 Å². The van der Waals surface area contributed by atoms with E-state index >= 15 is 0 Å². The predicted octanol–water partition coefficient (Wildman–Crippen LogP) is 6.07. The Morgan fingerprint density at radius 1 is 1.11 bits per heavy atom. The summed E-state index contributed by atoms with van der Waals surface area (Å²) in [6.45, 7) is 0.438. The van der Waals surface area contributed by atoms with Crippen molar-refractivity contribution in [1.29, 1.82) is 0 Å². The molecule has 0 amide bonds. The van der Waals surface area contributed by atoms with Gasteiger partial charge in [-0.05, 0) is 34.1 Å². The summed E-state index contributed by atoms with van der Waals surface area (Å²) in [5, 5.41) is 5.04. The maximum Gasteiger partial charge on any atom is 0.143 e. The standard InChI is InChI=1S/C12H7BrCl4N2/c13-8-3-6(4-19-12(8)17)18-5-7-9(14)1-2-10(15)11(7)16/h1-4,18H,5H2. The van der Waals surface area contributed by atoms with Crippen molar-refractivity contribution < 1.29 is 0 Å². The van der Waals surface area contributed by atoms with E-state index in [1.165, 1.54) is 0 Å². The highest BCUT2D eigenvalue weighted by Crippen LogP contribution is 2.32. The van der Waals surface area contributed by atoms with Crippen LogP contribution in [-0.2, 0) is 6.54 Å². The van der Waals surface area contributed by atoms with E-state index < -0.39 is 0 Å². The normalized spacial score (nSPS) is 10.6. The van der Waals surface area contributed by atoms with Crippen molar-refractivity contribution in [3.05, 3.63) is 54.7 Å². The third kappa shape index (κ3) is 3.67. The minimum atomic E-state index is 0.407. The zero-order valence-corrected chi connectivity index (χ0v) is 14.0. The van der Waals surface area contributed by atoms with Gasteiger partial charge in [-0.1, -0.05) is 46.4 Å². The van der Waals surface area contributed by atoms with Gasteiger partial charge in [-0.25, -0.2) is 4.98 Å². The van der Waals surface area contributed by atoms with Crippen LogP contribution in [0.3, 0.4) is 0 Å². The summed E-state index contributed by atoms with van der Waals surface area (Å²) >= 11 is 27.3. The topological polar surface area (TPSA) is 24.9 Å². The van der Waals surface area contributed by atoms with Crippen LogP contribution in [0, 0.1) is 0 Å². The molecule has 0 aliphatic heterocycles. The molecule has 1 aromatic carbocycles. The second-order valence-corrected chi connectivity index (χ2v) is 6.08. The lowest BCUT2D eigenvalue weighted by Crippen LogP contribution is -2.01. The van der Waals surface area contributed by atoms with Gasteiger partial charge in [-0.15, -0.1) is 0 Å². The summed E-state index contributed by atoms with van der Waals surface area (Å²) in [4.78, 5) is 4.02. The fraction of sp³-hybridized carbons (Fsp3) is 0.0833. The number of nitrogens with zero attached hydrogens (tertiary/aromatic N) is 1. The highest BCUT2D eigenvalue weighted by molar-refractivity contribution is 9.10. The molecule has 0 radical (unpaired) electrons. The molecule has 0 atom stereocenters. The van der Waals surface area contributed by atoms with Crippen LogP contribution in [-0.4, -0.2) is 4.98 Å². The van der Waals surface area contributed by atoms with Crippen molar-refractivity contribution in [2.75, 3.05) is 5.32 Å². The lowest BCUT2D eigenvalue weighted by molar-refractivity contribution is 1.13. The Morgan fingerprint density at radius 2 is 1.79 bits per heavy atom. The van der Waals surface area contributed by atoms with E-state index in [1.807, 2.05) is 6.07 Å². The summed E-state index contributed by atoms with van der Waals surface area (Å²) in [6, 6.07) is 5.20. The molecule has 2 rings (SSSR count). The number of hydrogen-bond acceptors (Lipinski definition) is 2. The van der Waals surface area contributed by atoms with Gasteiger partial charge in [0.25, 0.3) is 0 Å². The first-order valence-electron chi connectivity index (χ1n) is 5.16. The molecular weight excluding hydrogens is 394 g/mol. The Kier molecular flexibility index (Phi) is 5.21.